The van der Waals surface area contributed by atoms with Gasteiger partial charge in [0, 0.05) is 12.2 Å². The average Bonchev–Trinajstić information content (AvgIpc) is 3.46. The van der Waals surface area contributed by atoms with E-state index in [0.29, 0.717) is 52.6 Å². The molecule has 0 bridgehead atoms. The number of hydrogen-bond donors (Lipinski definition) is 8. The lowest BCUT2D eigenvalue weighted by molar-refractivity contribution is -0.142. The minimum atomic E-state index is -1.21. The highest BCUT2D eigenvalue weighted by molar-refractivity contribution is 6.10. The molecule has 6 amide bonds. The minimum absolute atomic E-state index is 0.0520. The zero-order chi connectivity index (χ0) is 46.5. The maximum atomic E-state index is 14.7. The molecule has 344 valence electrons. The summed E-state index contributed by atoms with van der Waals surface area (Å²) in [5, 5.41) is 43.3. The number of carbonyl (C=O) groups excluding carboxylic acids is 4. The molecule has 9 N–H and O–H groups in total. The van der Waals surface area contributed by atoms with Crippen LogP contribution in [0.4, 0.5) is 21.0 Å². The smallest absolute Gasteiger partial charge is 0.328 e. The number of methoxy groups -OCH3 is 3. The topological polar surface area (TPSA) is 263 Å². The van der Waals surface area contributed by atoms with Crippen molar-refractivity contribution >= 4 is 41.2 Å². The number of anilines is 2. The number of carboxylic acid groups (broad SMARTS) is 1. The molecule has 2 aliphatic rings. The lowest BCUT2D eigenvalue weighted by Gasteiger charge is -2.38. The highest BCUT2D eigenvalue weighted by atomic mass is 16.5. The number of para-hydroxylation sites is 1. The molecular weight excluding hydrogens is 817 g/mol. The van der Waals surface area contributed by atoms with E-state index >= 15 is 0 Å². The summed E-state index contributed by atoms with van der Waals surface area (Å²) in [4.78, 5) is 71.1. The summed E-state index contributed by atoms with van der Waals surface area (Å²) < 4.78 is 16.4. The molecule has 18 nitrogen and oxygen atoms in total. The summed E-state index contributed by atoms with van der Waals surface area (Å²) in [6.45, 7) is 4.52. The van der Waals surface area contributed by atoms with Crippen LogP contribution in [-0.2, 0) is 20.9 Å². The molecule has 3 aromatic carbocycles. The van der Waals surface area contributed by atoms with Gasteiger partial charge < -0.3 is 61.2 Å². The van der Waals surface area contributed by atoms with Gasteiger partial charge in [0.2, 0.25) is 5.91 Å². The highest BCUT2D eigenvalue weighted by Crippen LogP contribution is 2.43. The van der Waals surface area contributed by atoms with Crippen LogP contribution in [0.5, 0.6) is 17.2 Å². The van der Waals surface area contributed by atoms with E-state index < -0.39 is 79.2 Å². The van der Waals surface area contributed by atoms with Crippen molar-refractivity contribution in [2.45, 2.75) is 95.4 Å². The summed E-state index contributed by atoms with van der Waals surface area (Å²) in [5.41, 5.74) is 5.88. The first kappa shape index (κ1) is 49.7. The highest BCUT2D eigenvalue weighted by Gasteiger charge is 2.59. The Bertz CT molecular complexity index is 2060. The molecule has 18 heteroatoms. The molecular formula is C45H62N6O12. The van der Waals surface area contributed by atoms with Crippen LogP contribution in [0.1, 0.15) is 81.5 Å². The van der Waals surface area contributed by atoms with Crippen LogP contribution < -0.4 is 35.9 Å². The Morgan fingerprint density at radius 1 is 0.825 bits per heavy atom. The number of urea groups is 2. The number of aryl methyl sites for hydroxylation is 1. The summed E-state index contributed by atoms with van der Waals surface area (Å²) in [6.07, 6.45) is 2.96. The van der Waals surface area contributed by atoms with E-state index in [-0.39, 0.29) is 18.9 Å². The van der Waals surface area contributed by atoms with Gasteiger partial charge in [0.25, 0.3) is 5.91 Å². The summed E-state index contributed by atoms with van der Waals surface area (Å²) >= 11 is 0. The SMILES string of the molecule is COc1cc(CN2C(=O)N([C@@H](CC(C)C)C(=O)N[C@@H](CC(=O)O)c3ccc(OC)c(OC)c3)C(=O)C23CCCCC3)ccc1NC(=O)Nc1ccccc1C.NC(CO)(CO)CO. The number of rotatable bonds is 18. The van der Waals surface area contributed by atoms with Gasteiger partial charge in [-0.3, -0.25) is 14.4 Å². The summed E-state index contributed by atoms with van der Waals surface area (Å²) in [6, 6.07) is 14.2. The Morgan fingerprint density at radius 3 is 2.00 bits per heavy atom. The third kappa shape index (κ3) is 12.2. The number of nitrogens with two attached hydrogens (primary N) is 1. The fourth-order valence-electron chi connectivity index (χ4n) is 7.65. The largest absolute Gasteiger partial charge is 0.495 e. The molecule has 1 spiro atoms. The third-order valence-electron chi connectivity index (χ3n) is 11.3. The van der Waals surface area contributed by atoms with Crippen molar-refractivity contribution in [3.05, 3.63) is 77.4 Å². The quantitative estimate of drug-likeness (QED) is 0.0818. The molecule has 2 atom stereocenters. The number of carbonyl (C=O) groups is 5. The van der Waals surface area contributed by atoms with Crippen molar-refractivity contribution in [1.29, 1.82) is 0 Å². The predicted molar refractivity (Wildman–Crippen MR) is 235 cm³/mol. The molecule has 63 heavy (non-hydrogen) atoms. The molecule has 1 saturated carbocycles. The second kappa shape index (κ2) is 22.4. The second-order valence-corrected chi connectivity index (χ2v) is 16.3. The Hall–Kier alpha value is -5.95. The Balaban J connectivity index is 0.000000990. The standard InChI is InChI=1S/C41H51N5O9.C4H11NO3/c1-25(2)20-32(37(49)42-31(23-36(47)48)28-15-17-33(53-4)35(22-28)55-6)46-38(50)41(18-10-7-11-19-41)45(40(46)52)24-27-14-16-30(34(21-27)54-5)44-39(51)43-29-13-9-8-12-26(29)3;5-4(1-6,2-7)3-8/h8-9,12-17,21-22,25,31-32H,7,10-11,18-20,23-24H2,1-6H3,(H,42,49)(H,47,48)(H2,43,44,51);6-8H,1-3,5H2/t31-,32-;/m0./s1. The van der Waals surface area contributed by atoms with Gasteiger partial charge in [-0.05, 0) is 79.1 Å². The number of imide groups is 1. The van der Waals surface area contributed by atoms with Gasteiger partial charge in [-0.15, -0.1) is 0 Å². The van der Waals surface area contributed by atoms with Crippen LogP contribution >= 0.6 is 0 Å². The molecule has 2 fully saturated rings. The van der Waals surface area contributed by atoms with Crippen LogP contribution in [0, 0.1) is 12.8 Å². The van der Waals surface area contributed by atoms with Crippen molar-refractivity contribution in [2.24, 2.45) is 11.7 Å². The molecule has 1 aliphatic carbocycles. The molecule has 0 aromatic heterocycles. The average molecular weight is 879 g/mol. The predicted octanol–water partition coefficient (Wildman–Crippen LogP) is 4.54. The van der Waals surface area contributed by atoms with Crippen LogP contribution in [0.25, 0.3) is 0 Å². The first-order chi connectivity index (χ1) is 30.0. The normalized spacial score (nSPS) is 15.6. The zero-order valence-electron chi connectivity index (χ0n) is 36.8. The number of nitrogens with one attached hydrogen (secondary N) is 3. The monoisotopic (exact) mass is 878 g/mol. The van der Waals surface area contributed by atoms with E-state index in [4.69, 9.17) is 35.3 Å². The van der Waals surface area contributed by atoms with E-state index in [9.17, 15) is 29.1 Å². The first-order valence-corrected chi connectivity index (χ1v) is 20.8. The number of amides is 6. The van der Waals surface area contributed by atoms with Gasteiger partial charge in [-0.2, -0.15) is 0 Å². The van der Waals surface area contributed by atoms with Gasteiger partial charge in [0.1, 0.15) is 17.3 Å². The lowest BCUT2D eigenvalue weighted by Crippen LogP contribution is -2.53. The van der Waals surface area contributed by atoms with E-state index in [1.807, 2.05) is 39.0 Å². The van der Waals surface area contributed by atoms with E-state index in [2.05, 4.69) is 16.0 Å². The fourth-order valence-corrected chi connectivity index (χ4v) is 7.65. The fraction of sp³-hybridized carbons (Fsp3) is 0.489. The second-order valence-electron chi connectivity index (χ2n) is 16.3. The van der Waals surface area contributed by atoms with Crippen LogP contribution in [0.2, 0.25) is 0 Å². The zero-order valence-corrected chi connectivity index (χ0v) is 36.8. The number of nitrogens with zero attached hydrogens (tertiary/aromatic N) is 2. The summed E-state index contributed by atoms with van der Waals surface area (Å²) in [7, 11) is 4.41. The van der Waals surface area contributed by atoms with Crippen molar-refractivity contribution < 1.29 is 58.6 Å². The number of carboxylic acids is 1. The number of aliphatic hydroxyl groups is 3. The number of ether oxygens (including phenoxy) is 3. The number of aliphatic hydroxyl groups excluding tert-OH is 3. The van der Waals surface area contributed by atoms with Crippen LogP contribution in [0.3, 0.4) is 0 Å². The molecule has 1 saturated heterocycles. The minimum Gasteiger partial charge on any atom is -0.495 e. The van der Waals surface area contributed by atoms with Gasteiger partial charge >= 0.3 is 18.0 Å². The Kier molecular flexibility index (Phi) is 17.7. The van der Waals surface area contributed by atoms with Crippen molar-refractivity contribution in [1.82, 2.24) is 15.1 Å². The number of benzene rings is 3. The third-order valence-corrected chi connectivity index (χ3v) is 11.3. The van der Waals surface area contributed by atoms with Crippen LogP contribution in [0.15, 0.2) is 60.7 Å². The lowest BCUT2D eigenvalue weighted by atomic mass is 9.80. The Morgan fingerprint density at radius 2 is 1.44 bits per heavy atom. The molecule has 3 aromatic rings. The molecule has 5 rings (SSSR count). The summed E-state index contributed by atoms with van der Waals surface area (Å²) in [5.74, 6) is -1.16. The number of hydrogen-bond acceptors (Lipinski definition) is 12. The van der Waals surface area contributed by atoms with E-state index in [1.54, 1.807) is 47.4 Å². The van der Waals surface area contributed by atoms with Gasteiger partial charge in [-0.1, -0.05) is 63.4 Å². The van der Waals surface area contributed by atoms with Gasteiger partial charge in [0.05, 0.1) is 64.8 Å². The Labute approximate surface area is 367 Å². The van der Waals surface area contributed by atoms with E-state index in [0.717, 1.165) is 29.7 Å². The van der Waals surface area contributed by atoms with Gasteiger partial charge in [-0.25, -0.2) is 14.5 Å². The number of aliphatic carboxylic acids is 1. The molecule has 1 heterocycles. The molecule has 1 aliphatic heterocycles. The van der Waals surface area contributed by atoms with Crippen LogP contribution in [-0.4, -0.2) is 118 Å². The van der Waals surface area contributed by atoms with Gasteiger partial charge in [0.15, 0.2) is 11.5 Å². The van der Waals surface area contributed by atoms with E-state index in [1.165, 1.54) is 21.3 Å². The van der Waals surface area contributed by atoms with Crippen molar-refractivity contribution in [2.75, 3.05) is 51.8 Å². The maximum Gasteiger partial charge on any atom is 0.328 e. The maximum absolute atomic E-state index is 14.7. The van der Waals surface area contributed by atoms with Crippen molar-refractivity contribution in [3.63, 3.8) is 0 Å². The molecule has 0 radical (unpaired) electrons. The first-order valence-electron chi connectivity index (χ1n) is 20.8. The van der Waals surface area contributed by atoms with Crippen molar-refractivity contribution in [3.8, 4) is 17.2 Å². The molecule has 0 unspecified atom stereocenters.